The Labute approximate surface area is 94.2 Å². The smallest absolute Gasteiger partial charge is 0.324 e. The number of rotatable bonds is 3. The van der Waals surface area contributed by atoms with E-state index in [0.29, 0.717) is 13.0 Å². The minimum atomic E-state index is -0.408. The number of likely N-dealkylation sites (N-methyl/N-ethyl adjacent to an activating group) is 1. The number of carbonyl (C=O) groups excluding carboxylic acids is 2. The highest BCUT2D eigenvalue weighted by atomic mass is 16.2. The zero-order valence-electron chi connectivity index (χ0n) is 9.14. The van der Waals surface area contributed by atoms with Crippen molar-refractivity contribution in [2.75, 3.05) is 6.54 Å². The number of carbonyl (C=O) groups is 2. The van der Waals surface area contributed by atoms with Gasteiger partial charge in [0.2, 0.25) is 0 Å². The first-order chi connectivity index (χ1) is 7.72. The molecule has 1 atom stereocenters. The summed E-state index contributed by atoms with van der Waals surface area (Å²) in [4.78, 5) is 24.4. The standard InChI is InChI=1S/C12H14N2O2/c1-2-14-11(15)10(13-12(14)16)8-9-6-4-3-5-7-9/h3-7,10H,2,8H2,1H3,(H,13,16). The SMILES string of the molecule is CCN1C(=O)NC(Cc2ccccc2)C1=O. The molecule has 84 valence electrons. The topological polar surface area (TPSA) is 49.4 Å². The molecule has 16 heavy (non-hydrogen) atoms. The van der Waals surface area contributed by atoms with Crippen LogP contribution in [0.25, 0.3) is 0 Å². The van der Waals surface area contributed by atoms with Gasteiger partial charge in [-0.25, -0.2) is 4.79 Å². The second kappa shape index (κ2) is 4.35. The number of amides is 3. The molecule has 1 aromatic carbocycles. The Kier molecular flexibility index (Phi) is 2.90. The van der Waals surface area contributed by atoms with E-state index in [4.69, 9.17) is 0 Å². The molecule has 1 N–H and O–H groups in total. The summed E-state index contributed by atoms with van der Waals surface area (Å²) in [6.07, 6.45) is 0.557. The second-order valence-corrected chi connectivity index (χ2v) is 3.77. The molecule has 1 heterocycles. The summed E-state index contributed by atoms with van der Waals surface area (Å²) in [6, 6.07) is 8.99. The lowest BCUT2D eigenvalue weighted by Crippen LogP contribution is -2.32. The lowest BCUT2D eigenvalue weighted by Gasteiger charge is -2.09. The average molecular weight is 218 g/mol. The van der Waals surface area contributed by atoms with Gasteiger partial charge in [0.05, 0.1) is 0 Å². The second-order valence-electron chi connectivity index (χ2n) is 3.77. The number of nitrogens with zero attached hydrogens (tertiary/aromatic N) is 1. The molecule has 1 saturated heterocycles. The fourth-order valence-corrected chi connectivity index (χ4v) is 1.86. The summed E-state index contributed by atoms with van der Waals surface area (Å²) in [5.74, 6) is -0.128. The van der Waals surface area contributed by atoms with E-state index in [0.717, 1.165) is 5.56 Å². The first-order valence-corrected chi connectivity index (χ1v) is 5.38. The van der Waals surface area contributed by atoms with Crippen molar-refractivity contribution in [3.05, 3.63) is 35.9 Å². The van der Waals surface area contributed by atoms with Gasteiger partial charge in [0.15, 0.2) is 0 Å². The average Bonchev–Trinajstić information content (AvgIpc) is 2.55. The zero-order valence-corrected chi connectivity index (χ0v) is 9.14. The van der Waals surface area contributed by atoms with Gasteiger partial charge in [-0.3, -0.25) is 9.69 Å². The summed E-state index contributed by atoms with van der Waals surface area (Å²) >= 11 is 0. The van der Waals surface area contributed by atoms with Gasteiger partial charge in [-0.05, 0) is 12.5 Å². The Hall–Kier alpha value is -1.84. The molecule has 0 radical (unpaired) electrons. The van der Waals surface area contributed by atoms with E-state index in [1.807, 2.05) is 30.3 Å². The van der Waals surface area contributed by atoms with Gasteiger partial charge in [0, 0.05) is 13.0 Å². The van der Waals surface area contributed by atoms with Crippen LogP contribution in [0.3, 0.4) is 0 Å². The maximum absolute atomic E-state index is 11.8. The van der Waals surface area contributed by atoms with Crippen molar-refractivity contribution in [2.45, 2.75) is 19.4 Å². The van der Waals surface area contributed by atoms with Crippen LogP contribution in [0, 0.1) is 0 Å². The van der Waals surface area contributed by atoms with Crippen molar-refractivity contribution in [1.82, 2.24) is 10.2 Å². The normalized spacial score (nSPS) is 20.1. The van der Waals surface area contributed by atoms with Crippen LogP contribution in [-0.2, 0) is 11.2 Å². The summed E-state index contributed by atoms with van der Waals surface area (Å²) in [7, 11) is 0. The predicted octanol–water partition coefficient (Wildman–Crippen LogP) is 1.17. The van der Waals surface area contributed by atoms with Gasteiger partial charge in [0.1, 0.15) is 6.04 Å². The lowest BCUT2D eigenvalue weighted by atomic mass is 10.1. The van der Waals surface area contributed by atoms with Crippen molar-refractivity contribution < 1.29 is 9.59 Å². The van der Waals surface area contributed by atoms with Gasteiger partial charge in [-0.1, -0.05) is 30.3 Å². The molecular formula is C12H14N2O2. The number of nitrogens with one attached hydrogen (secondary N) is 1. The Morgan fingerprint density at radius 3 is 2.50 bits per heavy atom. The van der Waals surface area contributed by atoms with Crippen LogP contribution < -0.4 is 5.32 Å². The quantitative estimate of drug-likeness (QED) is 0.774. The van der Waals surface area contributed by atoms with Gasteiger partial charge in [-0.15, -0.1) is 0 Å². The van der Waals surface area contributed by atoms with Crippen LogP contribution in [0.15, 0.2) is 30.3 Å². The lowest BCUT2D eigenvalue weighted by molar-refractivity contribution is -0.127. The van der Waals surface area contributed by atoms with Crippen LogP contribution >= 0.6 is 0 Å². The minimum absolute atomic E-state index is 0.128. The monoisotopic (exact) mass is 218 g/mol. The third-order valence-corrected chi connectivity index (χ3v) is 2.71. The molecule has 2 rings (SSSR count). The Bertz CT molecular complexity index is 403. The molecule has 0 aliphatic carbocycles. The Morgan fingerprint density at radius 2 is 1.94 bits per heavy atom. The maximum Gasteiger partial charge on any atom is 0.324 e. The molecule has 1 unspecified atom stereocenters. The third-order valence-electron chi connectivity index (χ3n) is 2.71. The molecule has 0 aromatic heterocycles. The van der Waals surface area contributed by atoms with Crippen molar-refractivity contribution in [1.29, 1.82) is 0 Å². The number of imide groups is 1. The van der Waals surface area contributed by atoms with Crippen LogP contribution in [0.2, 0.25) is 0 Å². The van der Waals surface area contributed by atoms with Crippen molar-refractivity contribution in [2.24, 2.45) is 0 Å². The number of hydrogen-bond donors (Lipinski definition) is 1. The highest BCUT2D eigenvalue weighted by Gasteiger charge is 2.36. The highest BCUT2D eigenvalue weighted by molar-refractivity contribution is 6.04. The van der Waals surface area contributed by atoms with Crippen molar-refractivity contribution >= 4 is 11.9 Å². The fourth-order valence-electron chi connectivity index (χ4n) is 1.86. The molecular weight excluding hydrogens is 204 g/mol. The summed E-state index contributed by atoms with van der Waals surface area (Å²) in [5, 5.41) is 2.69. The first kappa shape index (κ1) is 10.7. The largest absolute Gasteiger partial charge is 0.325 e. The van der Waals surface area contributed by atoms with Gasteiger partial charge in [0.25, 0.3) is 5.91 Å². The van der Waals surface area contributed by atoms with Crippen LogP contribution in [-0.4, -0.2) is 29.4 Å². The molecule has 0 bridgehead atoms. The summed E-state index contributed by atoms with van der Waals surface area (Å²) in [5.41, 5.74) is 1.05. The van der Waals surface area contributed by atoms with Gasteiger partial charge < -0.3 is 5.32 Å². The predicted molar refractivity (Wildman–Crippen MR) is 59.9 cm³/mol. The van der Waals surface area contributed by atoms with Crippen molar-refractivity contribution in [3.63, 3.8) is 0 Å². The number of urea groups is 1. The zero-order chi connectivity index (χ0) is 11.5. The molecule has 1 aliphatic heterocycles. The molecule has 4 heteroatoms. The fraction of sp³-hybridized carbons (Fsp3) is 0.333. The van der Waals surface area contributed by atoms with E-state index in [1.165, 1.54) is 4.90 Å². The Morgan fingerprint density at radius 1 is 1.25 bits per heavy atom. The van der Waals surface area contributed by atoms with Gasteiger partial charge >= 0.3 is 6.03 Å². The Balaban J connectivity index is 2.08. The maximum atomic E-state index is 11.8. The molecule has 1 fully saturated rings. The van der Waals surface area contributed by atoms with Gasteiger partial charge in [-0.2, -0.15) is 0 Å². The summed E-state index contributed by atoms with van der Waals surface area (Å²) in [6.45, 7) is 2.22. The molecule has 0 saturated carbocycles. The number of hydrogen-bond acceptors (Lipinski definition) is 2. The highest BCUT2D eigenvalue weighted by Crippen LogP contribution is 2.11. The van der Waals surface area contributed by atoms with Crippen LogP contribution in [0.4, 0.5) is 4.79 Å². The molecule has 3 amide bonds. The van der Waals surface area contributed by atoms with Crippen LogP contribution in [0.1, 0.15) is 12.5 Å². The van der Waals surface area contributed by atoms with E-state index in [-0.39, 0.29) is 11.9 Å². The molecule has 4 nitrogen and oxygen atoms in total. The minimum Gasteiger partial charge on any atom is -0.325 e. The van der Waals surface area contributed by atoms with Crippen molar-refractivity contribution in [3.8, 4) is 0 Å². The van der Waals surface area contributed by atoms with E-state index >= 15 is 0 Å². The molecule has 1 aliphatic rings. The van der Waals surface area contributed by atoms with E-state index in [9.17, 15) is 9.59 Å². The third kappa shape index (κ3) is 1.91. The summed E-state index contributed by atoms with van der Waals surface area (Å²) < 4.78 is 0. The first-order valence-electron chi connectivity index (χ1n) is 5.38. The van der Waals surface area contributed by atoms with E-state index in [1.54, 1.807) is 6.92 Å². The molecule has 1 aromatic rings. The molecule has 0 spiro atoms. The van der Waals surface area contributed by atoms with E-state index < -0.39 is 6.04 Å². The van der Waals surface area contributed by atoms with Crippen LogP contribution in [0.5, 0.6) is 0 Å². The van der Waals surface area contributed by atoms with E-state index in [2.05, 4.69) is 5.32 Å². The number of benzene rings is 1.